The molecule has 0 aliphatic heterocycles. The summed E-state index contributed by atoms with van der Waals surface area (Å²) in [6, 6.07) is 12.1. The minimum absolute atomic E-state index is 0.00832. The van der Waals surface area contributed by atoms with Crippen molar-refractivity contribution < 1.29 is 27.8 Å². The number of alkyl halides is 2. The molecule has 33 heavy (non-hydrogen) atoms. The summed E-state index contributed by atoms with van der Waals surface area (Å²) in [4.78, 5) is 24.1. The van der Waals surface area contributed by atoms with Crippen LogP contribution in [0.25, 0.3) is 11.4 Å². The Kier molecular flexibility index (Phi) is 8.19. The van der Waals surface area contributed by atoms with E-state index in [1.165, 1.54) is 28.9 Å². The number of thioether (sulfide) groups is 1. The van der Waals surface area contributed by atoms with Gasteiger partial charge in [0, 0.05) is 11.3 Å². The number of nitrogens with zero attached hydrogens (tertiary/aromatic N) is 3. The third-order valence-corrected chi connectivity index (χ3v) is 5.12. The molecule has 1 amide bonds. The molecule has 2 aromatic carbocycles. The summed E-state index contributed by atoms with van der Waals surface area (Å²) in [6.07, 6.45) is 0.734. The molecule has 3 aromatic rings. The number of esters is 1. The molecular weight excluding hydrogens is 456 g/mol. The fraction of sp³-hybridized carbons (Fsp3) is 0.238. The van der Waals surface area contributed by atoms with Gasteiger partial charge in [0.05, 0.1) is 17.9 Å². The maximum absolute atomic E-state index is 12.3. The Morgan fingerprint density at radius 3 is 2.45 bits per heavy atom. The number of carbonyl (C=O) groups is 2. The first kappa shape index (κ1) is 24.0. The number of aromatic nitrogens is 3. The van der Waals surface area contributed by atoms with Crippen LogP contribution in [0.5, 0.6) is 5.75 Å². The molecule has 0 aliphatic rings. The Balaban J connectivity index is 1.54. The minimum atomic E-state index is -2.91. The molecule has 3 rings (SSSR count). The number of carbonyl (C=O) groups excluding carboxylic acids is 2. The van der Waals surface area contributed by atoms with E-state index in [0.29, 0.717) is 34.4 Å². The van der Waals surface area contributed by atoms with Crippen LogP contribution in [0.4, 0.5) is 14.5 Å². The molecule has 0 fully saturated rings. The average molecular weight is 477 g/mol. The van der Waals surface area contributed by atoms with E-state index >= 15 is 0 Å². The summed E-state index contributed by atoms with van der Waals surface area (Å²) in [6.45, 7) is -0.660. The molecule has 12 heteroatoms. The first-order valence-corrected chi connectivity index (χ1v) is 10.8. The lowest BCUT2D eigenvalue weighted by atomic mass is 10.2. The predicted molar refractivity (Wildman–Crippen MR) is 119 cm³/mol. The molecule has 0 bridgehead atoms. The fourth-order valence-corrected chi connectivity index (χ4v) is 3.31. The Morgan fingerprint density at radius 2 is 1.82 bits per heavy atom. The number of anilines is 1. The monoisotopic (exact) mass is 477 g/mol. The van der Waals surface area contributed by atoms with Crippen molar-refractivity contribution in [2.75, 3.05) is 23.5 Å². The van der Waals surface area contributed by atoms with E-state index in [1.807, 2.05) is 6.92 Å². The molecule has 0 radical (unpaired) electrons. The van der Waals surface area contributed by atoms with Crippen LogP contribution >= 0.6 is 11.8 Å². The molecule has 9 nitrogen and oxygen atoms in total. The topological polar surface area (TPSA) is 121 Å². The van der Waals surface area contributed by atoms with Gasteiger partial charge in [-0.05, 0) is 55.0 Å². The molecule has 0 saturated carbocycles. The van der Waals surface area contributed by atoms with Gasteiger partial charge in [-0.25, -0.2) is 9.47 Å². The number of benzene rings is 2. The van der Waals surface area contributed by atoms with Gasteiger partial charge in [0.15, 0.2) is 5.82 Å². The molecule has 3 N–H and O–H groups in total. The van der Waals surface area contributed by atoms with Gasteiger partial charge in [0.25, 0.3) is 0 Å². The fourth-order valence-electron chi connectivity index (χ4n) is 2.65. The summed E-state index contributed by atoms with van der Waals surface area (Å²) < 4.78 is 35.1. The van der Waals surface area contributed by atoms with E-state index in [9.17, 15) is 18.4 Å². The molecule has 1 heterocycles. The van der Waals surface area contributed by atoms with Crippen LogP contribution in [-0.4, -0.2) is 45.7 Å². The van der Waals surface area contributed by atoms with Crippen molar-refractivity contribution >= 4 is 29.3 Å². The highest BCUT2D eigenvalue weighted by atomic mass is 32.2. The molecule has 1 aromatic heterocycles. The highest BCUT2D eigenvalue weighted by molar-refractivity contribution is 7.99. The first-order chi connectivity index (χ1) is 15.9. The lowest BCUT2D eigenvalue weighted by molar-refractivity contribution is -0.113. The van der Waals surface area contributed by atoms with Crippen molar-refractivity contribution in [2.24, 2.45) is 0 Å². The number of hydrogen-bond donors (Lipinski definition) is 2. The summed E-state index contributed by atoms with van der Waals surface area (Å²) in [5, 5.41) is 11.0. The van der Waals surface area contributed by atoms with Crippen LogP contribution < -0.4 is 15.9 Å². The average Bonchev–Trinajstić information content (AvgIpc) is 3.17. The van der Waals surface area contributed by atoms with Crippen molar-refractivity contribution in [1.29, 1.82) is 0 Å². The third kappa shape index (κ3) is 6.65. The minimum Gasteiger partial charge on any atom is -0.462 e. The Labute approximate surface area is 192 Å². The van der Waals surface area contributed by atoms with Crippen molar-refractivity contribution in [3.05, 3.63) is 54.1 Å². The van der Waals surface area contributed by atoms with E-state index < -0.39 is 12.6 Å². The van der Waals surface area contributed by atoms with E-state index in [1.54, 1.807) is 24.3 Å². The molecule has 0 spiro atoms. The van der Waals surface area contributed by atoms with Gasteiger partial charge in [0.2, 0.25) is 11.1 Å². The Bertz CT molecular complexity index is 1090. The number of halogens is 2. The van der Waals surface area contributed by atoms with Crippen molar-refractivity contribution in [3.63, 3.8) is 0 Å². The number of nitrogen functional groups attached to an aromatic ring is 1. The van der Waals surface area contributed by atoms with Crippen LogP contribution in [-0.2, 0) is 9.53 Å². The number of amides is 1. The number of rotatable bonds is 10. The SMILES string of the molecule is CCCOC(=O)c1ccc(NC(=O)CSc2nnc(-c3ccc(OC(F)F)cc3)n2N)cc1. The van der Waals surface area contributed by atoms with Gasteiger partial charge in [-0.15, -0.1) is 10.2 Å². The van der Waals surface area contributed by atoms with E-state index in [4.69, 9.17) is 10.6 Å². The predicted octanol–water partition coefficient (Wildman–Crippen LogP) is 3.56. The molecule has 0 atom stereocenters. The smallest absolute Gasteiger partial charge is 0.387 e. The van der Waals surface area contributed by atoms with Crippen LogP contribution in [0.1, 0.15) is 23.7 Å². The van der Waals surface area contributed by atoms with E-state index in [2.05, 4.69) is 20.3 Å². The number of nitrogens with one attached hydrogen (secondary N) is 1. The molecular formula is C21H21F2N5O4S. The van der Waals surface area contributed by atoms with Crippen LogP contribution in [0.15, 0.2) is 53.7 Å². The zero-order valence-corrected chi connectivity index (χ0v) is 18.4. The van der Waals surface area contributed by atoms with Crippen LogP contribution in [0, 0.1) is 0 Å². The summed E-state index contributed by atoms with van der Waals surface area (Å²) in [5.41, 5.74) is 1.46. The molecule has 0 unspecified atom stereocenters. The largest absolute Gasteiger partial charge is 0.462 e. The third-order valence-electron chi connectivity index (χ3n) is 4.18. The second-order valence-corrected chi connectivity index (χ2v) is 7.57. The normalized spacial score (nSPS) is 10.8. The quantitative estimate of drug-likeness (QED) is 0.258. The van der Waals surface area contributed by atoms with Gasteiger partial charge in [-0.1, -0.05) is 18.7 Å². The summed E-state index contributed by atoms with van der Waals surface area (Å²) in [5.74, 6) is 5.61. The highest BCUT2D eigenvalue weighted by Gasteiger charge is 2.15. The molecule has 0 saturated heterocycles. The summed E-state index contributed by atoms with van der Waals surface area (Å²) >= 11 is 1.07. The van der Waals surface area contributed by atoms with Gasteiger partial charge < -0.3 is 20.6 Å². The second-order valence-electron chi connectivity index (χ2n) is 6.63. The van der Waals surface area contributed by atoms with Gasteiger partial charge in [0.1, 0.15) is 5.75 Å². The van der Waals surface area contributed by atoms with E-state index in [0.717, 1.165) is 18.2 Å². The standard InChI is InChI=1S/C21H21F2N5O4S/c1-2-11-31-19(30)14-3-7-15(8-4-14)25-17(29)12-33-21-27-26-18(28(21)24)13-5-9-16(10-6-13)32-20(22)23/h3-10,20H,2,11-12,24H2,1H3,(H,25,29). The lowest BCUT2D eigenvalue weighted by Crippen LogP contribution is -2.16. The number of hydrogen-bond acceptors (Lipinski definition) is 8. The maximum Gasteiger partial charge on any atom is 0.387 e. The molecule has 0 aliphatic carbocycles. The van der Waals surface area contributed by atoms with Gasteiger partial charge in [-0.2, -0.15) is 8.78 Å². The molecule has 174 valence electrons. The first-order valence-electron chi connectivity index (χ1n) is 9.83. The Morgan fingerprint density at radius 1 is 1.12 bits per heavy atom. The number of nitrogens with two attached hydrogens (primary N) is 1. The zero-order chi connectivity index (χ0) is 23.8. The highest BCUT2D eigenvalue weighted by Crippen LogP contribution is 2.24. The number of ether oxygens (including phenoxy) is 2. The lowest BCUT2D eigenvalue weighted by Gasteiger charge is -2.07. The summed E-state index contributed by atoms with van der Waals surface area (Å²) in [7, 11) is 0. The van der Waals surface area contributed by atoms with Crippen LogP contribution in [0.2, 0.25) is 0 Å². The second kappa shape index (κ2) is 11.3. The van der Waals surface area contributed by atoms with Crippen LogP contribution in [0.3, 0.4) is 0 Å². The zero-order valence-electron chi connectivity index (χ0n) is 17.5. The van der Waals surface area contributed by atoms with Crippen molar-refractivity contribution in [2.45, 2.75) is 25.1 Å². The Hall–Kier alpha value is -3.67. The van der Waals surface area contributed by atoms with E-state index in [-0.39, 0.29) is 17.4 Å². The van der Waals surface area contributed by atoms with Crippen molar-refractivity contribution in [1.82, 2.24) is 14.9 Å². The van der Waals surface area contributed by atoms with Gasteiger partial charge in [-0.3, -0.25) is 4.79 Å². The van der Waals surface area contributed by atoms with Gasteiger partial charge >= 0.3 is 12.6 Å². The maximum atomic E-state index is 12.3. The van der Waals surface area contributed by atoms with Crippen molar-refractivity contribution in [3.8, 4) is 17.1 Å².